The highest BCUT2D eigenvalue weighted by molar-refractivity contribution is 7.99. The number of methoxy groups -OCH3 is 1. The second-order valence-electron chi connectivity index (χ2n) is 3.63. The highest BCUT2D eigenvalue weighted by Crippen LogP contribution is 2.41. The van der Waals surface area contributed by atoms with Gasteiger partial charge in [-0.15, -0.1) is 11.8 Å². The summed E-state index contributed by atoms with van der Waals surface area (Å²) in [5, 5.41) is 12.4. The van der Waals surface area contributed by atoms with E-state index in [1.165, 1.54) is 11.8 Å². The summed E-state index contributed by atoms with van der Waals surface area (Å²) < 4.78 is 5.25. The van der Waals surface area contributed by atoms with Gasteiger partial charge in [0.25, 0.3) is 0 Å². The number of carbonyl (C=O) groups is 1. The fraction of sp³-hybridized carbons (Fsp3) is 0.364. The molecule has 0 aromatic heterocycles. The molecule has 1 aromatic rings. The first-order chi connectivity index (χ1) is 8.13. The number of nitrogens with one attached hydrogen (secondary N) is 1. The molecule has 0 saturated carbocycles. The first kappa shape index (κ1) is 12.5. The van der Waals surface area contributed by atoms with E-state index in [0.29, 0.717) is 16.5 Å². The lowest BCUT2D eigenvalue weighted by molar-refractivity contribution is -0.138. The van der Waals surface area contributed by atoms with E-state index in [0.717, 1.165) is 5.56 Å². The summed E-state index contributed by atoms with van der Waals surface area (Å²) in [6.45, 7) is 0. The third kappa shape index (κ3) is 2.51. The van der Waals surface area contributed by atoms with Crippen LogP contribution in [0.4, 0.5) is 0 Å². The molecule has 2 atom stereocenters. The van der Waals surface area contributed by atoms with Crippen molar-refractivity contribution in [2.75, 3.05) is 12.9 Å². The van der Waals surface area contributed by atoms with Gasteiger partial charge in [0, 0.05) is 16.3 Å². The van der Waals surface area contributed by atoms with Crippen LogP contribution in [0.15, 0.2) is 18.2 Å². The standard InChI is InChI=1S/C11H12ClNO3S/c1-16-8-4-2-3-6(12)9(8)10-13-7(5-17-10)11(14)15/h2-4,7,10,13H,5H2,1H3,(H,14,15)/t7-,10?/m1/s1. The number of ether oxygens (including phenoxy) is 1. The minimum Gasteiger partial charge on any atom is -0.496 e. The molecule has 1 aromatic carbocycles. The van der Waals surface area contributed by atoms with E-state index < -0.39 is 12.0 Å². The van der Waals surface area contributed by atoms with E-state index >= 15 is 0 Å². The summed E-state index contributed by atoms with van der Waals surface area (Å²) in [6, 6.07) is 4.86. The van der Waals surface area contributed by atoms with Gasteiger partial charge >= 0.3 is 5.97 Å². The molecule has 0 spiro atoms. The first-order valence-electron chi connectivity index (χ1n) is 5.06. The van der Waals surface area contributed by atoms with Gasteiger partial charge in [0.05, 0.1) is 12.5 Å². The molecule has 2 rings (SSSR count). The van der Waals surface area contributed by atoms with Crippen LogP contribution in [-0.4, -0.2) is 30.0 Å². The summed E-state index contributed by atoms with van der Waals surface area (Å²) in [5.41, 5.74) is 0.811. The minimum atomic E-state index is -0.842. The van der Waals surface area contributed by atoms with Crippen molar-refractivity contribution in [3.05, 3.63) is 28.8 Å². The Morgan fingerprint density at radius 3 is 3.00 bits per heavy atom. The van der Waals surface area contributed by atoms with E-state index in [2.05, 4.69) is 5.32 Å². The monoisotopic (exact) mass is 273 g/mol. The predicted octanol–water partition coefficient (Wildman–Crippen LogP) is 2.14. The van der Waals surface area contributed by atoms with Gasteiger partial charge in [-0.2, -0.15) is 0 Å². The summed E-state index contributed by atoms with van der Waals surface area (Å²) in [4.78, 5) is 10.9. The molecule has 0 bridgehead atoms. The Balaban J connectivity index is 2.26. The second-order valence-corrected chi connectivity index (χ2v) is 5.17. The molecule has 1 fully saturated rings. The van der Waals surface area contributed by atoms with Crippen molar-refractivity contribution in [3.8, 4) is 5.75 Å². The molecular formula is C11H12ClNO3S. The molecule has 6 heteroatoms. The predicted molar refractivity (Wildman–Crippen MR) is 67.8 cm³/mol. The molecule has 1 aliphatic rings. The van der Waals surface area contributed by atoms with E-state index in [1.54, 1.807) is 19.2 Å². The van der Waals surface area contributed by atoms with Crippen molar-refractivity contribution < 1.29 is 14.6 Å². The number of halogens is 1. The lowest BCUT2D eigenvalue weighted by atomic mass is 10.2. The lowest BCUT2D eigenvalue weighted by Gasteiger charge is -2.16. The van der Waals surface area contributed by atoms with Crippen molar-refractivity contribution in [1.82, 2.24) is 5.32 Å². The average molecular weight is 274 g/mol. The Morgan fingerprint density at radius 1 is 1.65 bits per heavy atom. The normalized spacial score (nSPS) is 23.6. The zero-order chi connectivity index (χ0) is 12.4. The number of thioether (sulfide) groups is 1. The molecule has 1 unspecified atom stereocenters. The first-order valence-corrected chi connectivity index (χ1v) is 6.49. The Hall–Kier alpha value is -0.910. The van der Waals surface area contributed by atoms with Gasteiger partial charge in [0.1, 0.15) is 11.8 Å². The minimum absolute atomic E-state index is 0.139. The highest BCUT2D eigenvalue weighted by Gasteiger charge is 2.32. The summed E-state index contributed by atoms with van der Waals surface area (Å²) in [7, 11) is 1.57. The van der Waals surface area contributed by atoms with E-state index in [4.69, 9.17) is 21.4 Å². The summed E-state index contributed by atoms with van der Waals surface area (Å²) in [5.74, 6) is 0.355. The van der Waals surface area contributed by atoms with Crippen molar-refractivity contribution >= 4 is 29.3 Å². The molecule has 17 heavy (non-hydrogen) atoms. The fourth-order valence-electron chi connectivity index (χ4n) is 1.73. The number of rotatable bonds is 3. The Morgan fingerprint density at radius 2 is 2.41 bits per heavy atom. The van der Waals surface area contributed by atoms with E-state index in [-0.39, 0.29) is 5.37 Å². The molecular weight excluding hydrogens is 262 g/mol. The zero-order valence-electron chi connectivity index (χ0n) is 9.14. The fourth-order valence-corrected chi connectivity index (χ4v) is 3.36. The molecule has 2 N–H and O–H groups in total. The zero-order valence-corrected chi connectivity index (χ0v) is 10.7. The van der Waals surface area contributed by atoms with Crippen LogP contribution in [0.5, 0.6) is 5.75 Å². The molecule has 4 nitrogen and oxygen atoms in total. The molecule has 1 saturated heterocycles. The molecule has 0 amide bonds. The highest BCUT2D eigenvalue weighted by atomic mass is 35.5. The number of hydrogen-bond acceptors (Lipinski definition) is 4. The molecule has 92 valence electrons. The summed E-state index contributed by atoms with van der Waals surface area (Å²) in [6.07, 6.45) is 0. The number of aliphatic carboxylic acids is 1. The van der Waals surface area contributed by atoms with Crippen LogP contribution in [0.2, 0.25) is 5.02 Å². The molecule has 1 heterocycles. The van der Waals surface area contributed by atoms with Crippen LogP contribution < -0.4 is 10.1 Å². The molecule has 0 aliphatic carbocycles. The largest absolute Gasteiger partial charge is 0.496 e. The molecule has 1 aliphatic heterocycles. The van der Waals surface area contributed by atoms with Gasteiger partial charge in [-0.05, 0) is 12.1 Å². The maximum absolute atomic E-state index is 10.9. The third-order valence-corrected chi connectivity index (χ3v) is 4.14. The van der Waals surface area contributed by atoms with Crippen LogP contribution in [0.1, 0.15) is 10.9 Å². The van der Waals surface area contributed by atoms with Crippen LogP contribution >= 0.6 is 23.4 Å². The van der Waals surface area contributed by atoms with Gasteiger partial charge < -0.3 is 9.84 Å². The van der Waals surface area contributed by atoms with Crippen LogP contribution in [-0.2, 0) is 4.79 Å². The average Bonchev–Trinajstić information content (AvgIpc) is 2.77. The second kappa shape index (κ2) is 5.16. The van der Waals surface area contributed by atoms with Gasteiger partial charge in [-0.25, -0.2) is 0 Å². The smallest absolute Gasteiger partial charge is 0.321 e. The van der Waals surface area contributed by atoms with Crippen LogP contribution in [0, 0.1) is 0 Å². The van der Waals surface area contributed by atoms with Crippen molar-refractivity contribution in [3.63, 3.8) is 0 Å². The Bertz CT molecular complexity index is 441. The maximum Gasteiger partial charge on any atom is 0.321 e. The van der Waals surface area contributed by atoms with E-state index in [9.17, 15) is 4.79 Å². The lowest BCUT2D eigenvalue weighted by Crippen LogP contribution is -2.33. The summed E-state index contributed by atoms with van der Waals surface area (Å²) >= 11 is 7.65. The SMILES string of the molecule is COc1cccc(Cl)c1C1N[C@@H](C(=O)O)CS1. The van der Waals surface area contributed by atoms with Gasteiger partial charge in [-0.3, -0.25) is 10.1 Å². The van der Waals surface area contributed by atoms with Crippen LogP contribution in [0.3, 0.4) is 0 Å². The number of carboxylic acid groups (broad SMARTS) is 1. The van der Waals surface area contributed by atoms with Crippen molar-refractivity contribution in [1.29, 1.82) is 0 Å². The van der Waals surface area contributed by atoms with Crippen molar-refractivity contribution in [2.45, 2.75) is 11.4 Å². The van der Waals surface area contributed by atoms with Gasteiger partial charge in [-0.1, -0.05) is 17.7 Å². The number of carboxylic acids is 1. The third-order valence-electron chi connectivity index (χ3n) is 2.58. The quantitative estimate of drug-likeness (QED) is 0.884. The maximum atomic E-state index is 10.9. The van der Waals surface area contributed by atoms with Crippen molar-refractivity contribution in [2.24, 2.45) is 0 Å². The van der Waals surface area contributed by atoms with Crippen LogP contribution in [0.25, 0.3) is 0 Å². The Kier molecular flexibility index (Phi) is 3.81. The van der Waals surface area contributed by atoms with Gasteiger partial charge in [0.2, 0.25) is 0 Å². The Labute approximate surface area is 108 Å². The topological polar surface area (TPSA) is 58.6 Å². The van der Waals surface area contributed by atoms with E-state index in [1.807, 2.05) is 6.07 Å². The number of hydrogen-bond donors (Lipinski definition) is 2. The number of benzene rings is 1. The molecule has 0 radical (unpaired) electrons. The van der Waals surface area contributed by atoms with Gasteiger partial charge in [0.15, 0.2) is 0 Å².